The molecule has 8 rings (SSSR count). The Balaban J connectivity index is 0.930. The highest BCUT2D eigenvalue weighted by atomic mass is 32.2. The first-order valence-electron chi connectivity index (χ1n) is 28.1. The van der Waals surface area contributed by atoms with Crippen molar-refractivity contribution in [1.82, 2.24) is 10.2 Å². The smallest absolute Gasteiger partial charge is 0.309 e. The Morgan fingerprint density at radius 1 is 0.764 bits per heavy atom. The highest BCUT2D eigenvalue weighted by Gasteiger charge is 2.71. The van der Waals surface area contributed by atoms with Gasteiger partial charge in [0.05, 0.1) is 69.1 Å². The fourth-order valence-electron chi connectivity index (χ4n) is 17.2. The first kappa shape index (κ1) is 55.8. The topological polar surface area (TPSA) is 139 Å². The van der Waals surface area contributed by atoms with Gasteiger partial charge in [0, 0.05) is 43.7 Å². The van der Waals surface area contributed by atoms with Crippen molar-refractivity contribution in [1.29, 1.82) is 0 Å². The van der Waals surface area contributed by atoms with Crippen LogP contribution in [-0.4, -0.2) is 127 Å². The summed E-state index contributed by atoms with van der Waals surface area (Å²) in [6.45, 7) is 31.0. The predicted molar refractivity (Wildman–Crippen MR) is 282 cm³/mol. The lowest BCUT2D eigenvalue weighted by molar-refractivity contribution is -0.248. The quantitative estimate of drug-likeness (QED) is 0.0713. The molecule has 13 heteroatoms. The van der Waals surface area contributed by atoms with Gasteiger partial charge < -0.3 is 33.7 Å². The normalized spacial score (nSPS) is 38.4. The maximum absolute atomic E-state index is 14.2. The van der Waals surface area contributed by atoms with E-state index < -0.39 is 15.3 Å². The molecule has 1 N–H and O–H groups in total. The molecule has 0 aromatic heterocycles. The molecule has 7 fully saturated rings. The molecule has 72 heavy (non-hydrogen) atoms. The number of esters is 2. The van der Waals surface area contributed by atoms with Crippen molar-refractivity contribution in [3.8, 4) is 0 Å². The molecule has 6 aliphatic carbocycles. The minimum absolute atomic E-state index is 0.0225. The Hall–Kier alpha value is -2.39. The number of allylic oxidation sites excluding steroid dienone is 1. The highest BCUT2D eigenvalue weighted by molar-refractivity contribution is 7.91. The van der Waals surface area contributed by atoms with E-state index >= 15 is 0 Å². The van der Waals surface area contributed by atoms with Gasteiger partial charge in [-0.1, -0.05) is 91.0 Å². The number of ether oxygens (including phenoxy) is 6. The molecule has 0 bridgehead atoms. The standard InChI is InChI=1S/C59H94N2O10S/c1-40(2)43-19-24-59(60-38-47(61-27-35-72(64,65)36-28-61)41(3)69-34-33-68-32-31-67-30-29-66-11)26-25-57(9)44(51(43)59)17-18-49-56(8)22-21-50(55(6,7)48(56)20-23-58(49,57)10)71-53(63)46-37-45(54(46,4)5)52(62)70-39-42-15-13-12-14-16-42/h12-16,41,43-51,60H,1,17-39H2,2-11H3/t41-,43+,44-,45+,46-,47-,48+,49-,50+,51-,56+,57-,58-,59+/m1/s1. The number of carbonyl (C=O) groups excluding carboxylic acids is 2. The number of carbonyl (C=O) groups is 2. The van der Waals surface area contributed by atoms with Crippen molar-refractivity contribution in [2.45, 2.75) is 163 Å². The first-order chi connectivity index (χ1) is 34.0. The minimum Gasteiger partial charge on any atom is -0.462 e. The number of sulfone groups is 1. The van der Waals surface area contributed by atoms with Crippen molar-refractivity contribution in [3.63, 3.8) is 0 Å². The summed E-state index contributed by atoms with van der Waals surface area (Å²) in [4.78, 5) is 29.8. The van der Waals surface area contributed by atoms with Crippen LogP contribution in [0.15, 0.2) is 42.5 Å². The van der Waals surface area contributed by atoms with Crippen LogP contribution in [-0.2, 0) is 54.5 Å². The van der Waals surface area contributed by atoms with E-state index in [-0.39, 0.29) is 87.3 Å². The predicted octanol–water partition coefficient (Wildman–Crippen LogP) is 9.49. The van der Waals surface area contributed by atoms with Crippen LogP contribution in [0.4, 0.5) is 0 Å². The Morgan fingerprint density at radius 2 is 1.43 bits per heavy atom. The molecule has 12 nitrogen and oxygen atoms in total. The molecular formula is C59H94N2O10S. The van der Waals surface area contributed by atoms with Crippen LogP contribution in [0.25, 0.3) is 0 Å². The third-order valence-electron chi connectivity index (χ3n) is 21.8. The Kier molecular flexibility index (Phi) is 17.0. The summed E-state index contributed by atoms with van der Waals surface area (Å²) in [5.74, 6) is 1.83. The molecule has 1 heterocycles. The van der Waals surface area contributed by atoms with Gasteiger partial charge in [0.2, 0.25) is 0 Å². The fourth-order valence-corrected chi connectivity index (χ4v) is 18.5. The summed E-state index contributed by atoms with van der Waals surface area (Å²) in [5.41, 5.74) is 1.98. The summed E-state index contributed by atoms with van der Waals surface area (Å²) in [5, 5.41) is 4.34. The van der Waals surface area contributed by atoms with Gasteiger partial charge in [-0.3, -0.25) is 14.5 Å². The van der Waals surface area contributed by atoms with Crippen molar-refractivity contribution in [2.75, 3.05) is 77.9 Å². The second-order valence-corrected chi connectivity index (χ2v) is 28.1. The molecule has 1 saturated heterocycles. The number of hydrogen-bond acceptors (Lipinski definition) is 12. The van der Waals surface area contributed by atoms with Gasteiger partial charge in [0.15, 0.2) is 9.84 Å². The van der Waals surface area contributed by atoms with E-state index in [9.17, 15) is 18.0 Å². The minimum atomic E-state index is -3.04. The zero-order valence-corrected chi connectivity index (χ0v) is 46.9. The molecule has 6 saturated carbocycles. The highest BCUT2D eigenvalue weighted by Crippen LogP contribution is 2.76. The zero-order chi connectivity index (χ0) is 51.9. The number of methoxy groups -OCH3 is 1. The molecule has 14 atom stereocenters. The molecule has 406 valence electrons. The zero-order valence-electron chi connectivity index (χ0n) is 46.1. The maximum Gasteiger partial charge on any atom is 0.309 e. The van der Waals surface area contributed by atoms with E-state index in [1.165, 1.54) is 31.3 Å². The van der Waals surface area contributed by atoms with Gasteiger partial charge in [-0.25, -0.2) is 8.42 Å². The molecule has 0 unspecified atom stereocenters. The van der Waals surface area contributed by atoms with Gasteiger partial charge in [0.25, 0.3) is 0 Å². The van der Waals surface area contributed by atoms with Crippen molar-refractivity contribution in [3.05, 3.63) is 48.0 Å². The molecule has 1 aromatic carbocycles. The second-order valence-electron chi connectivity index (χ2n) is 25.8. The van der Waals surface area contributed by atoms with Gasteiger partial charge >= 0.3 is 11.9 Å². The molecular weight excluding hydrogens is 929 g/mol. The summed E-state index contributed by atoms with van der Waals surface area (Å²) < 4.78 is 60.7. The lowest BCUT2D eigenvalue weighted by Gasteiger charge is -2.73. The van der Waals surface area contributed by atoms with Crippen LogP contribution < -0.4 is 5.32 Å². The fraction of sp³-hybridized carbons (Fsp3) is 0.831. The van der Waals surface area contributed by atoms with Crippen LogP contribution in [0.2, 0.25) is 0 Å². The molecule has 1 aromatic rings. The van der Waals surface area contributed by atoms with Crippen LogP contribution in [0.5, 0.6) is 0 Å². The van der Waals surface area contributed by atoms with Crippen LogP contribution in [0, 0.1) is 68.5 Å². The second kappa shape index (κ2) is 21.9. The average Bonchev–Trinajstić information content (AvgIpc) is 3.72. The Morgan fingerprint density at radius 3 is 2.10 bits per heavy atom. The number of hydrogen-bond donors (Lipinski definition) is 1. The van der Waals surface area contributed by atoms with E-state index in [0.29, 0.717) is 88.7 Å². The van der Waals surface area contributed by atoms with Gasteiger partial charge in [-0.15, -0.1) is 0 Å². The van der Waals surface area contributed by atoms with Gasteiger partial charge in [0.1, 0.15) is 12.7 Å². The van der Waals surface area contributed by atoms with Crippen LogP contribution in [0.1, 0.15) is 139 Å². The van der Waals surface area contributed by atoms with E-state index in [4.69, 9.17) is 28.4 Å². The van der Waals surface area contributed by atoms with E-state index in [2.05, 4.69) is 65.3 Å². The maximum atomic E-state index is 14.2. The molecule has 0 radical (unpaired) electrons. The van der Waals surface area contributed by atoms with Gasteiger partial charge in [-0.05, 0) is 141 Å². The lowest BCUT2D eigenvalue weighted by Crippen LogP contribution is -2.69. The lowest BCUT2D eigenvalue weighted by atomic mass is 9.32. The monoisotopic (exact) mass is 1020 g/mol. The van der Waals surface area contributed by atoms with E-state index in [1.807, 2.05) is 44.2 Å². The average molecular weight is 1020 g/mol. The van der Waals surface area contributed by atoms with Crippen LogP contribution in [0.3, 0.4) is 0 Å². The molecule has 1 aliphatic heterocycles. The number of nitrogens with one attached hydrogen (secondary N) is 1. The molecule has 0 amide bonds. The molecule has 0 spiro atoms. The summed E-state index contributed by atoms with van der Waals surface area (Å²) in [6, 6.07) is 9.78. The molecule has 7 aliphatic rings. The van der Waals surface area contributed by atoms with E-state index in [0.717, 1.165) is 50.6 Å². The summed E-state index contributed by atoms with van der Waals surface area (Å²) >= 11 is 0. The summed E-state index contributed by atoms with van der Waals surface area (Å²) in [7, 11) is -1.38. The number of benzene rings is 1. The number of nitrogens with zero attached hydrogens (tertiary/aromatic N) is 1. The summed E-state index contributed by atoms with van der Waals surface area (Å²) in [6.07, 6.45) is 11.5. The largest absolute Gasteiger partial charge is 0.462 e. The van der Waals surface area contributed by atoms with Crippen LogP contribution >= 0.6 is 0 Å². The van der Waals surface area contributed by atoms with Crippen molar-refractivity contribution < 1.29 is 46.4 Å². The van der Waals surface area contributed by atoms with Crippen molar-refractivity contribution >= 4 is 21.8 Å². The van der Waals surface area contributed by atoms with E-state index in [1.54, 1.807) is 7.11 Å². The van der Waals surface area contributed by atoms with Gasteiger partial charge in [-0.2, -0.15) is 0 Å². The van der Waals surface area contributed by atoms with Crippen molar-refractivity contribution in [2.24, 2.45) is 68.5 Å². The Bertz CT molecular complexity index is 2150. The third kappa shape index (κ3) is 10.6. The first-order valence-corrected chi connectivity index (χ1v) is 29.9. The SMILES string of the molecule is C=C(C)[C@@H]1CC[C@]2(NC[C@H]([C@@H](C)OCCOCCOCCOC)N3CCS(=O)(=O)CC3)CC[C@]3(C)[C@H](CC[C@@H]4[C@@]5(C)CC[C@H](OC(=O)[C@H]6C[C@@H](C(=O)OCc7ccccc7)C6(C)C)C(C)(C)[C@@H]5CC[C@]43C)[C@@H]12. The third-order valence-corrected chi connectivity index (χ3v) is 23.4. The number of fused-ring (bicyclic) bond motifs is 7. The number of rotatable bonds is 21. The Labute approximate surface area is 434 Å².